The zero-order valence-electron chi connectivity index (χ0n) is 35.6. The first kappa shape index (κ1) is 45.2. The van der Waals surface area contributed by atoms with Gasteiger partial charge >= 0.3 is 0 Å². The number of benzene rings is 3. The second-order valence-electron chi connectivity index (χ2n) is 14.3. The van der Waals surface area contributed by atoms with E-state index in [9.17, 15) is 0 Å². The summed E-state index contributed by atoms with van der Waals surface area (Å²) in [5, 5.41) is 0.735. The highest BCUT2D eigenvalue weighted by Crippen LogP contribution is 2.38. The highest BCUT2D eigenvalue weighted by molar-refractivity contribution is 6.30. The molecule has 9 nitrogen and oxygen atoms in total. The molecule has 56 heavy (non-hydrogen) atoms. The number of halogens is 1. The molecule has 0 aliphatic rings. The predicted molar refractivity (Wildman–Crippen MR) is 234 cm³/mol. The molecule has 0 saturated carbocycles. The van der Waals surface area contributed by atoms with Crippen molar-refractivity contribution in [3.63, 3.8) is 0 Å². The summed E-state index contributed by atoms with van der Waals surface area (Å²) < 4.78 is 28.3. The Morgan fingerprint density at radius 3 is 1.70 bits per heavy atom. The number of imidazole rings is 1. The lowest BCUT2D eigenvalue weighted by Gasteiger charge is -2.19. The zero-order chi connectivity index (χ0) is 40.1. The molecule has 0 N–H and O–H groups in total. The summed E-state index contributed by atoms with van der Waals surface area (Å²) in [7, 11) is 0. The van der Waals surface area contributed by atoms with Gasteiger partial charge in [0.2, 0.25) is 0 Å². The zero-order valence-corrected chi connectivity index (χ0v) is 36.3. The third kappa shape index (κ3) is 13.9. The van der Waals surface area contributed by atoms with Gasteiger partial charge in [-0.3, -0.25) is 0 Å². The van der Waals surface area contributed by atoms with E-state index in [4.69, 9.17) is 35.5 Å². The van der Waals surface area contributed by atoms with Crippen LogP contribution in [0.1, 0.15) is 86.1 Å². The lowest BCUT2D eigenvalue weighted by atomic mass is 10.1. The van der Waals surface area contributed by atoms with E-state index in [2.05, 4.69) is 85.9 Å². The number of hydrogen-bond acceptors (Lipinski definition) is 8. The number of unbranched alkanes of at least 4 members (excludes halogenated alkanes) is 1. The molecule has 0 atom stereocenters. The van der Waals surface area contributed by atoms with Gasteiger partial charge in [0, 0.05) is 55.3 Å². The molecule has 0 radical (unpaired) electrons. The molecule has 0 fully saturated rings. The maximum Gasteiger partial charge on any atom is 0.161 e. The topological polar surface area (TPSA) is 64.5 Å². The van der Waals surface area contributed by atoms with E-state index in [1.807, 2.05) is 36.4 Å². The molecule has 4 aromatic rings. The number of nitrogens with zero attached hydrogens (tertiary/aromatic N) is 5. The molecule has 0 amide bonds. The first-order valence-corrected chi connectivity index (χ1v) is 21.9. The van der Waals surface area contributed by atoms with Crippen LogP contribution in [-0.4, -0.2) is 110 Å². The predicted octanol–water partition coefficient (Wildman–Crippen LogP) is 10.1. The minimum Gasteiger partial charge on any atom is -0.493 e. The van der Waals surface area contributed by atoms with Crippen LogP contribution in [0, 0.1) is 0 Å². The van der Waals surface area contributed by atoms with Crippen LogP contribution in [0.25, 0.3) is 22.4 Å². The molecule has 4 rings (SSSR count). The summed E-state index contributed by atoms with van der Waals surface area (Å²) in [5.41, 5.74) is 4.05. The average Bonchev–Trinajstić information content (AvgIpc) is 3.59. The molecule has 3 aromatic carbocycles. The lowest BCUT2D eigenvalue weighted by Crippen LogP contribution is -2.25. The van der Waals surface area contributed by atoms with Gasteiger partial charge in [-0.25, -0.2) is 4.98 Å². The van der Waals surface area contributed by atoms with Crippen LogP contribution >= 0.6 is 11.6 Å². The van der Waals surface area contributed by atoms with Crippen LogP contribution in [0.5, 0.6) is 23.0 Å². The Morgan fingerprint density at radius 1 is 0.571 bits per heavy atom. The highest BCUT2D eigenvalue weighted by atomic mass is 35.5. The van der Waals surface area contributed by atoms with Crippen LogP contribution in [0.4, 0.5) is 0 Å². The van der Waals surface area contributed by atoms with E-state index >= 15 is 0 Å². The molecule has 0 saturated heterocycles. The SMILES string of the molecule is CCCCn1c(-c2ccc(OCCc3ccc(Cl)cc3)c(OCCCN(CC)CC)c2)nc2c(OCCCN(CC)CC)cc(OCCCN(CC)CC)cc21. The van der Waals surface area contributed by atoms with Gasteiger partial charge in [0.1, 0.15) is 17.1 Å². The van der Waals surface area contributed by atoms with Gasteiger partial charge in [0.05, 0.1) is 31.9 Å². The van der Waals surface area contributed by atoms with Crippen molar-refractivity contribution in [1.29, 1.82) is 0 Å². The Kier molecular flexibility index (Phi) is 20.2. The van der Waals surface area contributed by atoms with Crippen molar-refractivity contribution in [1.82, 2.24) is 24.3 Å². The van der Waals surface area contributed by atoms with Crippen molar-refractivity contribution in [2.45, 2.75) is 93.5 Å². The average molecular weight is 793 g/mol. The van der Waals surface area contributed by atoms with Crippen LogP contribution in [0.2, 0.25) is 5.02 Å². The molecular formula is C46H70ClN5O4. The fourth-order valence-corrected chi connectivity index (χ4v) is 7.10. The Labute approximate surface area is 343 Å². The van der Waals surface area contributed by atoms with Gasteiger partial charge in [0.25, 0.3) is 0 Å². The number of hydrogen-bond donors (Lipinski definition) is 0. The van der Waals surface area contributed by atoms with Crippen LogP contribution in [0.15, 0.2) is 54.6 Å². The first-order valence-electron chi connectivity index (χ1n) is 21.5. The summed E-state index contributed by atoms with van der Waals surface area (Å²) >= 11 is 6.13. The van der Waals surface area contributed by atoms with E-state index in [-0.39, 0.29) is 0 Å². The third-order valence-electron chi connectivity index (χ3n) is 10.6. The maximum absolute atomic E-state index is 6.57. The normalized spacial score (nSPS) is 11.7. The van der Waals surface area contributed by atoms with Gasteiger partial charge < -0.3 is 38.2 Å². The van der Waals surface area contributed by atoms with Gasteiger partial charge in [-0.15, -0.1) is 0 Å². The number of aromatic nitrogens is 2. The molecule has 0 spiro atoms. The standard InChI is InChI=1S/C46H70ClN5O4/c1-8-15-29-52-41-35-40(53-30-16-26-49(9-2)10-3)36-44(55-32-18-28-51(13-6)14-7)45(41)48-46(52)38-21-24-42(56-33-25-37-19-22-39(47)23-20-37)43(34-38)54-31-17-27-50(11-4)12-5/h19-24,34-36H,8-18,25-33H2,1-7H3. The van der Waals surface area contributed by atoms with Crippen molar-refractivity contribution in [3.8, 4) is 34.4 Å². The van der Waals surface area contributed by atoms with E-state index in [1.54, 1.807) is 0 Å². The quantitative estimate of drug-likeness (QED) is 0.0504. The minimum atomic E-state index is 0.526. The lowest BCUT2D eigenvalue weighted by molar-refractivity contribution is 0.236. The molecule has 0 unspecified atom stereocenters. The Hall–Kier alpha value is -3.50. The fraction of sp³-hybridized carbons (Fsp3) is 0.587. The highest BCUT2D eigenvalue weighted by Gasteiger charge is 2.20. The maximum atomic E-state index is 6.57. The van der Waals surface area contributed by atoms with Crippen LogP contribution in [0.3, 0.4) is 0 Å². The first-order chi connectivity index (χ1) is 27.4. The van der Waals surface area contributed by atoms with Crippen LogP contribution < -0.4 is 18.9 Å². The van der Waals surface area contributed by atoms with Gasteiger partial charge in [-0.05, 0) is 101 Å². The van der Waals surface area contributed by atoms with E-state index in [0.717, 1.165) is 154 Å². The van der Waals surface area contributed by atoms with Crippen molar-refractivity contribution in [2.24, 2.45) is 0 Å². The van der Waals surface area contributed by atoms with Crippen molar-refractivity contribution >= 4 is 22.6 Å². The summed E-state index contributed by atoms with van der Waals surface area (Å²) in [6, 6.07) is 18.4. The summed E-state index contributed by atoms with van der Waals surface area (Å²) in [5.74, 6) is 3.95. The number of rotatable bonds is 29. The molecule has 1 heterocycles. The molecule has 0 aliphatic heterocycles. The largest absolute Gasteiger partial charge is 0.493 e. The summed E-state index contributed by atoms with van der Waals surface area (Å²) in [6.45, 7) is 27.9. The summed E-state index contributed by atoms with van der Waals surface area (Å²) in [6.07, 6.45) is 5.69. The Balaban J connectivity index is 1.68. The van der Waals surface area contributed by atoms with Gasteiger partial charge in [-0.2, -0.15) is 0 Å². The molecule has 310 valence electrons. The van der Waals surface area contributed by atoms with E-state index in [1.165, 1.54) is 5.56 Å². The van der Waals surface area contributed by atoms with Gasteiger partial charge in [-0.1, -0.05) is 78.6 Å². The minimum absolute atomic E-state index is 0.526. The number of ether oxygens (including phenoxy) is 4. The molecule has 1 aromatic heterocycles. The smallest absolute Gasteiger partial charge is 0.161 e. The third-order valence-corrected chi connectivity index (χ3v) is 10.9. The summed E-state index contributed by atoms with van der Waals surface area (Å²) in [4.78, 5) is 12.6. The van der Waals surface area contributed by atoms with E-state index < -0.39 is 0 Å². The molecular weight excluding hydrogens is 722 g/mol. The van der Waals surface area contributed by atoms with Crippen molar-refractivity contribution in [3.05, 3.63) is 65.2 Å². The van der Waals surface area contributed by atoms with Crippen molar-refractivity contribution in [2.75, 3.05) is 85.3 Å². The molecule has 10 heteroatoms. The molecule has 0 bridgehead atoms. The number of aryl methyl sites for hydroxylation is 1. The number of fused-ring (bicyclic) bond motifs is 1. The monoisotopic (exact) mass is 792 g/mol. The Morgan fingerprint density at radius 2 is 1.12 bits per heavy atom. The second-order valence-corrected chi connectivity index (χ2v) is 14.7. The van der Waals surface area contributed by atoms with Crippen molar-refractivity contribution < 1.29 is 18.9 Å². The Bertz CT molecular complexity index is 1690. The second kappa shape index (κ2) is 25.0. The van der Waals surface area contributed by atoms with E-state index in [0.29, 0.717) is 26.4 Å². The molecule has 0 aliphatic carbocycles. The van der Waals surface area contributed by atoms with Gasteiger partial charge in [0.15, 0.2) is 17.2 Å². The fourth-order valence-electron chi connectivity index (χ4n) is 6.97. The van der Waals surface area contributed by atoms with Crippen LogP contribution in [-0.2, 0) is 13.0 Å².